The van der Waals surface area contributed by atoms with Gasteiger partial charge in [-0.2, -0.15) is 0 Å². The summed E-state index contributed by atoms with van der Waals surface area (Å²) in [7, 11) is 0. The zero-order chi connectivity index (χ0) is 11.8. The predicted octanol–water partition coefficient (Wildman–Crippen LogP) is 0.122. The van der Waals surface area contributed by atoms with E-state index in [1.807, 2.05) is 0 Å². The van der Waals surface area contributed by atoms with E-state index in [4.69, 9.17) is 5.11 Å². The van der Waals surface area contributed by atoms with Crippen LogP contribution in [-0.2, 0) is 23.9 Å². The van der Waals surface area contributed by atoms with Gasteiger partial charge in [-0.05, 0) is 6.92 Å². The molecule has 0 rings (SSSR count). The Balaban J connectivity index is 3.75. The van der Waals surface area contributed by atoms with Crippen LogP contribution in [0.2, 0.25) is 0 Å². The van der Waals surface area contributed by atoms with Crippen LogP contribution in [0.1, 0.15) is 13.3 Å². The number of rotatable bonds is 6. The number of aliphatic carboxylic acids is 1. The zero-order valence-corrected chi connectivity index (χ0v) is 8.26. The summed E-state index contributed by atoms with van der Waals surface area (Å²) < 4.78 is 9.20. The third kappa shape index (κ3) is 7.24. The maximum Gasteiger partial charge on any atom is 0.330 e. The van der Waals surface area contributed by atoms with Crippen LogP contribution in [0.4, 0.5) is 0 Å². The number of hydrogen-bond donors (Lipinski definition) is 1. The largest absolute Gasteiger partial charge is 0.481 e. The molecule has 84 valence electrons. The van der Waals surface area contributed by atoms with Crippen molar-refractivity contribution in [2.24, 2.45) is 0 Å². The first-order chi connectivity index (χ1) is 6.95. The summed E-state index contributed by atoms with van der Waals surface area (Å²) in [6, 6.07) is 0. The Bertz CT molecular complexity index is 270. The number of ether oxygens (including phenoxy) is 2. The number of carbonyl (C=O) groups is 3. The Hall–Kier alpha value is -1.85. The Kier molecular flexibility index (Phi) is 5.77. The number of hydrogen-bond acceptors (Lipinski definition) is 5. The van der Waals surface area contributed by atoms with Gasteiger partial charge in [-0.3, -0.25) is 9.59 Å². The summed E-state index contributed by atoms with van der Waals surface area (Å²) in [6.07, 6.45) is -0.356. The van der Waals surface area contributed by atoms with Gasteiger partial charge in [-0.1, -0.05) is 6.58 Å². The number of carboxylic acids is 1. The van der Waals surface area contributed by atoms with Crippen molar-refractivity contribution < 1.29 is 29.0 Å². The van der Waals surface area contributed by atoms with Crippen molar-refractivity contribution in [2.45, 2.75) is 19.4 Å². The molecule has 6 nitrogen and oxygen atoms in total. The minimum atomic E-state index is -1.27. The average Bonchev–Trinajstić information content (AvgIpc) is 2.13. The first-order valence-electron chi connectivity index (χ1n) is 4.16. The lowest BCUT2D eigenvalue weighted by atomic mass is 10.4. The average molecular weight is 216 g/mol. The van der Waals surface area contributed by atoms with Crippen LogP contribution in [0, 0.1) is 0 Å². The standard InChI is InChI=1S/C9H12O6/c1-3-8(12)15-6(2)5-14-9(13)4-7(10)11/h3,6H,1,4-5H2,2H3,(H,10,11). The van der Waals surface area contributed by atoms with Gasteiger partial charge >= 0.3 is 17.9 Å². The molecule has 15 heavy (non-hydrogen) atoms. The van der Waals surface area contributed by atoms with Gasteiger partial charge in [0.1, 0.15) is 19.1 Å². The zero-order valence-electron chi connectivity index (χ0n) is 8.26. The van der Waals surface area contributed by atoms with E-state index in [2.05, 4.69) is 16.1 Å². The van der Waals surface area contributed by atoms with Crippen LogP contribution in [0.15, 0.2) is 12.7 Å². The van der Waals surface area contributed by atoms with E-state index in [-0.39, 0.29) is 6.61 Å². The topological polar surface area (TPSA) is 89.9 Å². The smallest absolute Gasteiger partial charge is 0.330 e. The molecule has 0 aliphatic heterocycles. The summed E-state index contributed by atoms with van der Waals surface area (Å²) in [5, 5.41) is 8.23. The molecule has 0 heterocycles. The van der Waals surface area contributed by atoms with Gasteiger partial charge in [-0.15, -0.1) is 0 Å². The maximum absolute atomic E-state index is 10.7. The predicted molar refractivity (Wildman–Crippen MR) is 49.0 cm³/mol. The lowest BCUT2D eigenvalue weighted by molar-refractivity contribution is -0.158. The Morgan fingerprint density at radius 2 is 2.07 bits per heavy atom. The molecule has 0 saturated carbocycles. The highest BCUT2D eigenvalue weighted by Crippen LogP contribution is 1.95. The fraction of sp³-hybridized carbons (Fsp3) is 0.444. The molecule has 0 saturated heterocycles. The molecule has 0 radical (unpaired) electrons. The number of esters is 2. The summed E-state index contributed by atoms with van der Waals surface area (Å²) in [4.78, 5) is 31.5. The highest BCUT2D eigenvalue weighted by atomic mass is 16.6. The van der Waals surface area contributed by atoms with Gasteiger partial charge in [0.05, 0.1) is 0 Å². The summed E-state index contributed by atoms with van der Waals surface area (Å²) in [6.45, 7) is 4.52. The molecule has 0 spiro atoms. The number of carboxylic acid groups (broad SMARTS) is 1. The molecule has 6 heteroatoms. The minimum Gasteiger partial charge on any atom is -0.481 e. The lowest BCUT2D eigenvalue weighted by Gasteiger charge is -2.11. The third-order valence-corrected chi connectivity index (χ3v) is 1.26. The van der Waals surface area contributed by atoms with E-state index in [1.54, 1.807) is 0 Å². The highest BCUT2D eigenvalue weighted by molar-refractivity contribution is 5.90. The lowest BCUT2D eigenvalue weighted by Crippen LogP contribution is -2.22. The summed E-state index contributed by atoms with van der Waals surface area (Å²) in [5.74, 6) is -2.77. The molecule has 0 bridgehead atoms. The minimum absolute atomic E-state index is 0.175. The number of carbonyl (C=O) groups excluding carboxylic acids is 2. The third-order valence-electron chi connectivity index (χ3n) is 1.26. The van der Waals surface area contributed by atoms with Crippen molar-refractivity contribution in [3.05, 3.63) is 12.7 Å². The van der Waals surface area contributed by atoms with E-state index >= 15 is 0 Å². The van der Waals surface area contributed by atoms with Crippen molar-refractivity contribution in [3.8, 4) is 0 Å². The van der Waals surface area contributed by atoms with Crippen molar-refractivity contribution >= 4 is 17.9 Å². The van der Waals surface area contributed by atoms with Crippen LogP contribution in [0.25, 0.3) is 0 Å². The molecular formula is C9H12O6. The molecule has 0 aliphatic carbocycles. The molecule has 0 aromatic heterocycles. The van der Waals surface area contributed by atoms with Crippen molar-refractivity contribution in [1.82, 2.24) is 0 Å². The van der Waals surface area contributed by atoms with E-state index in [0.717, 1.165) is 6.08 Å². The van der Waals surface area contributed by atoms with Gasteiger partial charge in [0, 0.05) is 6.08 Å². The monoisotopic (exact) mass is 216 g/mol. The second kappa shape index (κ2) is 6.58. The van der Waals surface area contributed by atoms with E-state index < -0.39 is 30.4 Å². The molecule has 0 fully saturated rings. The van der Waals surface area contributed by atoms with Crippen molar-refractivity contribution in [2.75, 3.05) is 6.61 Å². The van der Waals surface area contributed by atoms with Gasteiger partial charge < -0.3 is 14.6 Å². The molecule has 0 aliphatic rings. The fourth-order valence-corrected chi connectivity index (χ4v) is 0.665. The van der Waals surface area contributed by atoms with Crippen LogP contribution in [-0.4, -0.2) is 35.7 Å². The molecular weight excluding hydrogens is 204 g/mol. The molecule has 1 unspecified atom stereocenters. The second-order valence-corrected chi connectivity index (χ2v) is 2.71. The van der Waals surface area contributed by atoms with E-state index in [0.29, 0.717) is 0 Å². The maximum atomic E-state index is 10.7. The Morgan fingerprint density at radius 1 is 1.47 bits per heavy atom. The Labute approximate surface area is 86.5 Å². The summed E-state index contributed by atoms with van der Waals surface area (Å²) >= 11 is 0. The van der Waals surface area contributed by atoms with Crippen LogP contribution in [0.3, 0.4) is 0 Å². The molecule has 1 N–H and O–H groups in total. The van der Waals surface area contributed by atoms with Crippen molar-refractivity contribution in [3.63, 3.8) is 0 Å². The molecule has 0 amide bonds. The quantitative estimate of drug-likeness (QED) is 0.385. The van der Waals surface area contributed by atoms with Gasteiger partial charge in [-0.25, -0.2) is 4.79 Å². The second-order valence-electron chi connectivity index (χ2n) is 2.71. The van der Waals surface area contributed by atoms with E-state index in [9.17, 15) is 14.4 Å². The van der Waals surface area contributed by atoms with Gasteiger partial charge in [0.25, 0.3) is 0 Å². The fourth-order valence-electron chi connectivity index (χ4n) is 0.665. The summed E-state index contributed by atoms with van der Waals surface area (Å²) in [5.41, 5.74) is 0. The van der Waals surface area contributed by atoms with Gasteiger partial charge in [0.15, 0.2) is 0 Å². The van der Waals surface area contributed by atoms with Crippen LogP contribution >= 0.6 is 0 Å². The van der Waals surface area contributed by atoms with E-state index in [1.165, 1.54) is 6.92 Å². The van der Waals surface area contributed by atoms with Gasteiger partial charge in [0.2, 0.25) is 0 Å². The first-order valence-corrected chi connectivity index (χ1v) is 4.16. The first kappa shape index (κ1) is 13.2. The molecule has 0 aromatic rings. The van der Waals surface area contributed by atoms with Crippen LogP contribution in [0.5, 0.6) is 0 Å². The Morgan fingerprint density at radius 3 is 2.53 bits per heavy atom. The highest BCUT2D eigenvalue weighted by Gasteiger charge is 2.12. The normalized spacial score (nSPS) is 11.3. The van der Waals surface area contributed by atoms with Crippen molar-refractivity contribution in [1.29, 1.82) is 0 Å². The SMILES string of the molecule is C=CC(=O)OC(C)COC(=O)CC(=O)O. The molecule has 1 atom stereocenters. The molecule has 0 aromatic carbocycles. The van der Waals surface area contributed by atoms with Crippen LogP contribution < -0.4 is 0 Å².